The molecule has 5 nitrogen and oxygen atoms in total. The van der Waals surface area contributed by atoms with Gasteiger partial charge in [0.2, 0.25) is 5.91 Å². The lowest BCUT2D eigenvalue weighted by Crippen LogP contribution is -2.44. The van der Waals surface area contributed by atoms with Crippen LogP contribution >= 0.6 is 11.6 Å². The maximum Gasteiger partial charge on any atom is 0.244 e. The molecule has 0 aromatic carbocycles. The Bertz CT molecular complexity index is 474. The zero-order valence-electron chi connectivity index (χ0n) is 12.0. The minimum absolute atomic E-state index is 0.123. The Hall–Kier alpha value is -1.36. The fourth-order valence-electron chi connectivity index (χ4n) is 2.37. The molecular weight excluding hydrogens is 276 g/mol. The van der Waals surface area contributed by atoms with Crippen LogP contribution in [0.25, 0.3) is 0 Å². The number of nitrogens with one attached hydrogen (secondary N) is 1. The first kappa shape index (κ1) is 15.0. The molecule has 110 valence electrons. The third-order valence-electron chi connectivity index (χ3n) is 3.46. The van der Waals surface area contributed by atoms with E-state index in [9.17, 15) is 4.79 Å². The maximum atomic E-state index is 12.3. The predicted molar refractivity (Wildman–Crippen MR) is 79.9 cm³/mol. The van der Waals surface area contributed by atoms with Crippen LogP contribution in [0, 0.1) is 0 Å². The van der Waals surface area contributed by atoms with E-state index in [0.717, 1.165) is 25.9 Å². The van der Waals surface area contributed by atoms with E-state index < -0.39 is 0 Å². The van der Waals surface area contributed by atoms with Gasteiger partial charge in [-0.2, -0.15) is 0 Å². The molecule has 0 spiro atoms. The van der Waals surface area contributed by atoms with E-state index in [1.165, 1.54) is 6.42 Å². The van der Waals surface area contributed by atoms with E-state index >= 15 is 0 Å². The first-order valence-corrected chi connectivity index (χ1v) is 7.56. The summed E-state index contributed by atoms with van der Waals surface area (Å²) in [5.41, 5.74) is 0. The van der Waals surface area contributed by atoms with Gasteiger partial charge in [-0.3, -0.25) is 4.79 Å². The van der Waals surface area contributed by atoms with Crippen LogP contribution in [0.4, 0.5) is 5.82 Å². The second kappa shape index (κ2) is 6.88. The zero-order chi connectivity index (χ0) is 14.5. The quantitative estimate of drug-likeness (QED) is 0.867. The van der Waals surface area contributed by atoms with Crippen molar-refractivity contribution in [1.82, 2.24) is 14.9 Å². The molecule has 20 heavy (non-hydrogen) atoms. The smallest absolute Gasteiger partial charge is 0.244 e. The fraction of sp³-hybridized carbons (Fsp3) is 0.643. The van der Waals surface area contributed by atoms with Gasteiger partial charge < -0.3 is 10.2 Å². The molecule has 1 N–H and O–H groups in total. The van der Waals surface area contributed by atoms with Crippen LogP contribution in [0.1, 0.15) is 38.9 Å². The lowest BCUT2D eigenvalue weighted by molar-refractivity contribution is -0.132. The number of aryl methyl sites for hydroxylation is 1. The molecule has 0 bridgehead atoms. The molecule has 0 aliphatic carbocycles. The molecule has 2 heterocycles. The largest absolute Gasteiger partial charge is 0.358 e. The second-order valence-corrected chi connectivity index (χ2v) is 5.48. The van der Waals surface area contributed by atoms with Crippen molar-refractivity contribution >= 4 is 23.3 Å². The summed E-state index contributed by atoms with van der Waals surface area (Å²) in [7, 11) is 0. The lowest BCUT2D eigenvalue weighted by atomic mass is 10.1. The minimum atomic E-state index is -0.302. The van der Waals surface area contributed by atoms with Crippen molar-refractivity contribution in [2.75, 3.05) is 18.4 Å². The van der Waals surface area contributed by atoms with Gasteiger partial charge in [-0.25, -0.2) is 9.97 Å². The molecule has 0 radical (unpaired) electrons. The molecule has 1 aliphatic heterocycles. The van der Waals surface area contributed by atoms with Crippen LogP contribution < -0.4 is 5.32 Å². The summed E-state index contributed by atoms with van der Waals surface area (Å²) in [5.74, 6) is 1.41. The summed E-state index contributed by atoms with van der Waals surface area (Å²) < 4.78 is 0. The Kier molecular flexibility index (Phi) is 5.17. The number of aromatic nitrogens is 2. The fourth-order valence-corrected chi connectivity index (χ4v) is 2.57. The third kappa shape index (κ3) is 3.82. The first-order valence-electron chi connectivity index (χ1n) is 7.19. The van der Waals surface area contributed by atoms with Crippen LogP contribution in [-0.4, -0.2) is 39.9 Å². The SMILES string of the molecule is CCc1nc(Cl)cc(NC(C)C(=O)N2CCCCC2)n1. The van der Waals surface area contributed by atoms with Gasteiger partial charge in [0.05, 0.1) is 0 Å². The van der Waals surface area contributed by atoms with E-state index in [0.29, 0.717) is 23.2 Å². The monoisotopic (exact) mass is 296 g/mol. The predicted octanol–water partition coefficient (Wildman–Crippen LogP) is 2.51. The van der Waals surface area contributed by atoms with Crippen LogP contribution in [0.3, 0.4) is 0 Å². The molecule has 1 aromatic heterocycles. The number of carbonyl (C=O) groups excluding carboxylic acids is 1. The highest BCUT2D eigenvalue weighted by atomic mass is 35.5. The van der Waals surface area contributed by atoms with E-state index in [-0.39, 0.29) is 11.9 Å². The Morgan fingerprint density at radius 1 is 1.40 bits per heavy atom. The number of halogens is 1. The minimum Gasteiger partial charge on any atom is -0.358 e. The maximum absolute atomic E-state index is 12.3. The molecule has 1 unspecified atom stereocenters. The molecule has 1 amide bonds. The van der Waals surface area contributed by atoms with Gasteiger partial charge in [0.25, 0.3) is 0 Å². The summed E-state index contributed by atoms with van der Waals surface area (Å²) in [4.78, 5) is 22.7. The van der Waals surface area contributed by atoms with Crippen molar-refractivity contribution in [3.63, 3.8) is 0 Å². The molecule has 1 fully saturated rings. The van der Waals surface area contributed by atoms with Crippen LogP contribution in [0.2, 0.25) is 5.15 Å². The second-order valence-electron chi connectivity index (χ2n) is 5.10. The summed E-state index contributed by atoms with van der Waals surface area (Å²) in [6, 6.07) is 1.35. The number of amides is 1. The molecule has 2 rings (SSSR count). The standard InChI is InChI=1S/C14H21ClN4O/c1-3-12-17-11(15)9-13(18-12)16-10(2)14(20)19-7-5-4-6-8-19/h9-10H,3-8H2,1-2H3,(H,16,17,18). The third-order valence-corrected chi connectivity index (χ3v) is 3.65. The van der Waals surface area contributed by atoms with Gasteiger partial charge in [-0.1, -0.05) is 18.5 Å². The van der Waals surface area contributed by atoms with E-state index in [1.807, 2.05) is 18.7 Å². The number of hydrogen-bond donors (Lipinski definition) is 1. The van der Waals surface area contributed by atoms with E-state index in [1.54, 1.807) is 6.07 Å². The molecular formula is C14H21ClN4O. The number of nitrogens with zero attached hydrogens (tertiary/aromatic N) is 3. The van der Waals surface area contributed by atoms with Gasteiger partial charge in [0.15, 0.2) is 0 Å². The summed E-state index contributed by atoms with van der Waals surface area (Å²) in [6.45, 7) is 5.54. The summed E-state index contributed by atoms with van der Waals surface area (Å²) >= 11 is 5.95. The van der Waals surface area contributed by atoms with Crippen molar-refractivity contribution in [3.05, 3.63) is 17.0 Å². The summed E-state index contributed by atoms with van der Waals surface area (Å²) in [6.07, 6.45) is 4.12. The number of rotatable bonds is 4. The lowest BCUT2D eigenvalue weighted by Gasteiger charge is -2.29. The van der Waals surface area contributed by atoms with Crippen molar-refractivity contribution in [2.24, 2.45) is 0 Å². The average Bonchev–Trinajstić information content (AvgIpc) is 2.46. The van der Waals surface area contributed by atoms with Crippen LogP contribution in [0.5, 0.6) is 0 Å². The zero-order valence-corrected chi connectivity index (χ0v) is 12.8. The number of hydrogen-bond acceptors (Lipinski definition) is 4. The van der Waals surface area contributed by atoms with Gasteiger partial charge in [0, 0.05) is 25.6 Å². The molecule has 1 aromatic rings. The summed E-state index contributed by atoms with van der Waals surface area (Å²) in [5, 5.41) is 3.53. The van der Waals surface area contributed by atoms with Crippen molar-refractivity contribution in [1.29, 1.82) is 0 Å². The van der Waals surface area contributed by atoms with Gasteiger partial charge in [0.1, 0.15) is 22.8 Å². The Morgan fingerprint density at radius 3 is 2.75 bits per heavy atom. The molecule has 1 atom stereocenters. The van der Waals surface area contributed by atoms with Crippen LogP contribution in [0.15, 0.2) is 6.07 Å². The molecule has 1 saturated heterocycles. The van der Waals surface area contributed by atoms with Gasteiger partial charge in [-0.05, 0) is 26.2 Å². The van der Waals surface area contributed by atoms with E-state index in [4.69, 9.17) is 11.6 Å². The molecule has 0 saturated carbocycles. The number of likely N-dealkylation sites (tertiary alicyclic amines) is 1. The normalized spacial score (nSPS) is 16.9. The number of piperidine rings is 1. The first-order chi connectivity index (χ1) is 9.60. The van der Waals surface area contributed by atoms with E-state index in [2.05, 4.69) is 15.3 Å². The van der Waals surface area contributed by atoms with Gasteiger partial charge >= 0.3 is 0 Å². The average molecular weight is 297 g/mol. The van der Waals surface area contributed by atoms with Crippen molar-refractivity contribution < 1.29 is 4.79 Å². The molecule has 1 aliphatic rings. The highest BCUT2D eigenvalue weighted by Gasteiger charge is 2.22. The number of anilines is 1. The Morgan fingerprint density at radius 2 is 2.10 bits per heavy atom. The van der Waals surface area contributed by atoms with Crippen LogP contribution in [-0.2, 0) is 11.2 Å². The molecule has 6 heteroatoms. The highest BCUT2D eigenvalue weighted by molar-refractivity contribution is 6.29. The Balaban J connectivity index is 2.01. The van der Waals surface area contributed by atoms with Crippen molar-refractivity contribution in [3.8, 4) is 0 Å². The van der Waals surface area contributed by atoms with Crippen molar-refractivity contribution in [2.45, 2.75) is 45.6 Å². The Labute approximate surface area is 124 Å². The topological polar surface area (TPSA) is 58.1 Å². The number of carbonyl (C=O) groups is 1. The van der Waals surface area contributed by atoms with Gasteiger partial charge in [-0.15, -0.1) is 0 Å². The highest BCUT2D eigenvalue weighted by Crippen LogP contribution is 2.15.